The highest BCUT2D eigenvalue weighted by Gasteiger charge is 2.36. The Hall–Kier alpha value is -7.24. The van der Waals surface area contributed by atoms with E-state index in [1.807, 2.05) is 79.0 Å². The molecule has 0 spiro atoms. The van der Waals surface area contributed by atoms with Crippen LogP contribution in [0.4, 0.5) is 0 Å². The number of hydrogen-bond donors (Lipinski definition) is 0. The van der Waals surface area contributed by atoms with Crippen LogP contribution in [0.25, 0.3) is 72.3 Å². The van der Waals surface area contributed by atoms with Crippen LogP contribution in [0.5, 0.6) is 11.5 Å². The predicted molar refractivity (Wildman–Crippen MR) is 269 cm³/mol. The highest BCUT2D eigenvalue weighted by atomic mass is 16.5. The van der Waals surface area contributed by atoms with Gasteiger partial charge in [-0.25, -0.2) is 4.98 Å². The first-order valence-corrected chi connectivity index (χ1v) is 22.0. The highest BCUT2D eigenvalue weighted by molar-refractivity contribution is 6.09. The number of ether oxygens (including phenoxy) is 1. The van der Waals surface area contributed by atoms with Crippen LogP contribution in [-0.4, -0.2) is 14.1 Å². The van der Waals surface area contributed by atoms with Crippen molar-refractivity contribution in [3.05, 3.63) is 200 Å². The minimum atomic E-state index is -0.564. The number of aromatic nitrogens is 4. The summed E-state index contributed by atoms with van der Waals surface area (Å²) >= 11 is 0. The van der Waals surface area contributed by atoms with Gasteiger partial charge in [0.05, 0.1) is 47.1 Å². The molecule has 3 heterocycles. The zero-order valence-electron chi connectivity index (χ0n) is 47.7. The molecule has 10 aromatic rings. The predicted octanol–water partition coefficient (Wildman–Crippen LogP) is 15.5. The van der Waals surface area contributed by atoms with Crippen molar-refractivity contribution >= 4 is 32.8 Å². The highest BCUT2D eigenvalue weighted by Crippen LogP contribution is 2.45. The Balaban J connectivity index is 1.11. The van der Waals surface area contributed by atoms with Crippen LogP contribution in [0.3, 0.4) is 0 Å². The molecule has 0 saturated carbocycles. The fraction of sp³-hybridized carbons (Fsp3) is 0.200. The van der Waals surface area contributed by atoms with Gasteiger partial charge in [-0.05, 0) is 105 Å². The first-order chi connectivity index (χ1) is 35.5. The smallest absolute Gasteiger partial charge is 0.269 e. The molecule has 0 aliphatic carbocycles. The molecule has 3 aromatic heterocycles. The summed E-state index contributed by atoms with van der Waals surface area (Å²) < 4.78 is 99.7. The summed E-state index contributed by atoms with van der Waals surface area (Å²) in [7, 11) is 0. The molecule has 0 unspecified atom stereocenters. The summed E-state index contributed by atoms with van der Waals surface area (Å²) in [5.41, 5.74) is 5.38. The van der Waals surface area contributed by atoms with Gasteiger partial charge in [0, 0.05) is 23.0 Å². The van der Waals surface area contributed by atoms with Crippen LogP contribution in [0.2, 0.25) is 0 Å². The van der Waals surface area contributed by atoms with Crippen molar-refractivity contribution in [2.45, 2.75) is 66.7 Å². The molecule has 0 fully saturated rings. The molecule has 322 valence electrons. The minimum Gasteiger partial charge on any atom is -0.458 e. The summed E-state index contributed by atoms with van der Waals surface area (Å²) in [6.45, 7) is 16.2. The number of pyridine rings is 1. The molecule has 7 aromatic carbocycles. The summed E-state index contributed by atoms with van der Waals surface area (Å²) in [6.07, 6.45) is 7.39. The van der Waals surface area contributed by atoms with Crippen LogP contribution in [0.15, 0.2) is 188 Å². The maximum atomic E-state index is 9.04. The van der Waals surface area contributed by atoms with E-state index < -0.39 is 60.4 Å². The van der Waals surface area contributed by atoms with Crippen LogP contribution in [0.1, 0.15) is 80.6 Å². The number of nitrogens with zero attached hydrogens (tertiary/aromatic N) is 4. The molecule has 5 nitrogen and oxygen atoms in total. The topological polar surface area (TPSA) is 35.9 Å². The van der Waals surface area contributed by atoms with Crippen LogP contribution in [-0.2, 0) is 5.41 Å². The second-order valence-corrected chi connectivity index (χ2v) is 19.5. The van der Waals surface area contributed by atoms with E-state index in [0.717, 1.165) is 40.5 Å². The molecular weight excluding hydrogens is 793 g/mol. The summed E-state index contributed by atoms with van der Waals surface area (Å²) in [4.78, 5) is 5.01. The molecule has 0 aliphatic rings. The minimum absolute atomic E-state index is 0.0945. The molecule has 0 saturated heterocycles. The Morgan fingerprint density at radius 3 is 1.86 bits per heavy atom. The van der Waals surface area contributed by atoms with Gasteiger partial charge in [0.25, 0.3) is 6.33 Å². The van der Waals surface area contributed by atoms with E-state index in [4.69, 9.17) is 23.4 Å². The number of imidazole rings is 1. The third-order valence-corrected chi connectivity index (χ3v) is 11.8. The lowest BCUT2D eigenvalue weighted by Crippen LogP contribution is -2.33. The van der Waals surface area contributed by atoms with Crippen LogP contribution in [0, 0.1) is 17.2 Å². The van der Waals surface area contributed by atoms with E-state index in [9.17, 15) is 0 Å². The zero-order valence-corrected chi connectivity index (χ0v) is 37.7. The fourth-order valence-electron chi connectivity index (χ4n) is 9.98. The number of hydrogen-bond acceptors (Lipinski definition) is 2. The third kappa shape index (κ3) is 8.24. The summed E-state index contributed by atoms with van der Waals surface area (Å²) in [6, 6.07) is 33.4. The number of benzene rings is 7. The molecule has 0 radical (unpaired) electrons. The van der Waals surface area contributed by atoms with Gasteiger partial charge in [-0.3, -0.25) is 13.7 Å². The standard InChI is InChI=1S/C60H56N4O/c1-58(2,3)39-60(7,40-59(4,5)6)44-34-35-61-56(36-44)64-52-29-15-14-26-50(52)51-33-32-47(38-55(51)64)65-46-25-18-24-45(37-46)62-41-63(54-31-17-16-30-53(54)62)57-48(42-20-10-8-11-21-42)27-19-28-49(57)43-22-12-9-13-23-43/h8-38H,39-40H2,1-7H3/i8D,9D,10D,11D,12D,13D,20D,21D,22D,23D. The molecule has 0 N–H and O–H groups in total. The fourth-order valence-corrected chi connectivity index (χ4v) is 9.98. The number of rotatable bonds is 10. The number of fused-ring (bicyclic) bond motifs is 4. The molecule has 5 heteroatoms. The molecule has 0 bridgehead atoms. The van der Waals surface area contributed by atoms with Crippen LogP contribution >= 0.6 is 0 Å². The van der Waals surface area contributed by atoms with Crippen molar-refractivity contribution in [3.8, 4) is 50.9 Å². The second-order valence-electron chi connectivity index (χ2n) is 19.5. The summed E-state index contributed by atoms with van der Waals surface area (Å²) in [5, 5.41) is 2.14. The molecule has 0 aliphatic heterocycles. The van der Waals surface area contributed by atoms with Gasteiger partial charge in [0.15, 0.2) is 0 Å². The first-order valence-electron chi connectivity index (χ1n) is 27.0. The Bertz CT molecular complexity index is 3780. The SMILES string of the molecule is [2H]c1c([2H])c([2H])c(-c2cccc(-c3c([2H])c([2H])c([2H])c([2H])c3[2H])c2-[n+]2[c-]n(-c3cccc(Oc4ccc5c6ccccc6n(-c6cc(C(C)(CC(C)(C)C)CC(C)(C)C)ccn6)c5c4)c3)c3ccccc32)c([2H])c1[2H]. The monoisotopic (exact) mass is 859 g/mol. The Morgan fingerprint density at radius 1 is 0.585 bits per heavy atom. The molecule has 65 heavy (non-hydrogen) atoms. The van der Waals surface area contributed by atoms with E-state index in [0.29, 0.717) is 28.2 Å². The van der Waals surface area contributed by atoms with Crippen molar-refractivity contribution < 1.29 is 23.0 Å². The van der Waals surface area contributed by atoms with Crippen molar-refractivity contribution in [2.24, 2.45) is 10.8 Å². The lowest BCUT2D eigenvalue weighted by molar-refractivity contribution is -0.571. The second kappa shape index (κ2) is 16.4. The van der Waals surface area contributed by atoms with E-state index in [2.05, 4.69) is 89.7 Å². The Labute approximate surface area is 397 Å². The van der Waals surface area contributed by atoms with Gasteiger partial charge in [-0.15, -0.1) is 0 Å². The van der Waals surface area contributed by atoms with Crippen molar-refractivity contribution in [3.63, 3.8) is 0 Å². The molecular formula is C60H56N4O. The van der Waals surface area contributed by atoms with E-state index >= 15 is 0 Å². The van der Waals surface area contributed by atoms with E-state index in [1.54, 1.807) is 27.3 Å². The quantitative estimate of drug-likeness (QED) is 0.101. The number of para-hydroxylation sites is 4. The molecule has 0 amide bonds. The lowest BCUT2D eigenvalue weighted by atomic mass is 9.64. The van der Waals surface area contributed by atoms with Gasteiger partial charge < -0.3 is 4.74 Å². The van der Waals surface area contributed by atoms with E-state index in [-0.39, 0.29) is 44.2 Å². The van der Waals surface area contributed by atoms with Gasteiger partial charge >= 0.3 is 0 Å². The average Bonchev–Trinajstić information content (AvgIpc) is 3.92. The Morgan fingerprint density at radius 2 is 1.18 bits per heavy atom. The van der Waals surface area contributed by atoms with Gasteiger partial charge in [-0.2, -0.15) is 0 Å². The zero-order chi connectivity index (χ0) is 53.6. The van der Waals surface area contributed by atoms with Gasteiger partial charge in [0.1, 0.15) is 17.3 Å². The maximum absolute atomic E-state index is 9.04. The van der Waals surface area contributed by atoms with Crippen molar-refractivity contribution in [1.29, 1.82) is 0 Å². The van der Waals surface area contributed by atoms with Crippen molar-refractivity contribution in [1.82, 2.24) is 14.1 Å². The van der Waals surface area contributed by atoms with E-state index in [1.165, 1.54) is 5.56 Å². The van der Waals surface area contributed by atoms with Gasteiger partial charge in [0.2, 0.25) is 0 Å². The maximum Gasteiger partial charge on any atom is 0.269 e. The molecule has 0 atom stereocenters. The Kier molecular flexibility index (Phi) is 7.96. The lowest BCUT2D eigenvalue weighted by Gasteiger charge is -2.40. The van der Waals surface area contributed by atoms with Crippen molar-refractivity contribution in [2.75, 3.05) is 0 Å². The van der Waals surface area contributed by atoms with Crippen LogP contribution < -0.4 is 9.30 Å². The average molecular weight is 859 g/mol. The normalized spacial score (nSPS) is 14.5. The largest absolute Gasteiger partial charge is 0.458 e. The first kappa shape index (κ1) is 31.6. The molecule has 10 rings (SSSR count). The summed E-state index contributed by atoms with van der Waals surface area (Å²) in [5.74, 6) is 1.93. The third-order valence-electron chi connectivity index (χ3n) is 11.8. The van der Waals surface area contributed by atoms with Gasteiger partial charge in [-0.1, -0.05) is 176 Å².